The molecule has 2 rings (SSSR count). The Morgan fingerprint density at radius 1 is 1.58 bits per heavy atom. The van der Waals surface area contributed by atoms with E-state index in [9.17, 15) is 4.79 Å². The maximum absolute atomic E-state index is 12.1. The molecule has 1 fully saturated rings. The summed E-state index contributed by atoms with van der Waals surface area (Å²) >= 11 is 0. The van der Waals surface area contributed by atoms with Crippen LogP contribution in [0.2, 0.25) is 0 Å². The second-order valence-corrected chi connectivity index (χ2v) is 4.91. The number of anilines is 1. The lowest BCUT2D eigenvalue weighted by Crippen LogP contribution is -2.36. The van der Waals surface area contributed by atoms with Crippen LogP contribution in [0.3, 0.4) is 0 Å². The normalized spacial score (nSPS) is 19.4. The summed E-state index contributed by atoms with van der Waals surface area (Å²) in [5.41, 5.74) is 6.94. The zero-order valence-corrected chi connectivity index (χ0v) is 11.5. The van der Waals surface area contributed by atoms with Gasteiger partial charge >= 0.3 is 0 Å². The number of hydrogen-bond acceptors (Lipinski definition) is 4. The lowest BCUT2D eigenvalue weighted by atomic mass is 10.1. The Balaban J connectivity index is 2.04. The molecule has 3 N–H and O–H groups in total. The first-order valence-electron chi connectivity index (χ1n) is 6.62. The molecule has 1 aliphatic heterocycles. The smallest absolute Gasteiger partial charge is 0.251 e. The first kappa shape index (κ1) is 13.7. The number of benzene rings is 1. The fraction of sp³-hybridized carbons (Fsp3) is 0.500. The molecule has 0 saturated carbocycles. The molecule has 19 heavy (non-hydrogen) atoms. The third-order valence-corrected chi connectivity index (χ3v) is 3.30. The second kappa shape index (κ2) is 5.93. The van der Waals surface area contributed by atoms with E-state index in [1.165, 1.54) is 0 Å². The molecule has 1 aromatic carbocycles. The summed E-state index contributed by atoms with van der Waals surface area (Å²) < 4.78 is 5.40. The predicted octanol–water partition coefficient (Wildman–Crippen LogP) is 1.10. The van der Waals surface area contributed by atoms with Gasteiger partial charge in [0.05, 0.1) is 12.3 Å². The molecule has 1 aliphatic rings. The number of likely N-dealkylation sites (tertiary alicyclic amines) is 1. The van der Waals surface area contributed by atoms with Crippen molar-refractivity contribution < 1.29 is 9.53 Å². The van der Waals surface area contributed by atoms with Crippen molar-refractivity contribution in [1.29, 1.82) is 0 Å². The van der Waals surface area contributed by atoms with E-state index in [2.05, 4.69) is 17.3 Å². The minimum Gasteiger partial charge on any atom is -0.492 e. The molecule has 1 heterocycles. The summed E-state index contributed by atoms with van der Waals surface area (Å²) in [4.78, 5) is 14.4. The van der Waals surface area contributed by atoms with Gasteiger partial charge in [-0.2, -0.15) is 0 Å². The number of nitrogens with one attached hydrogen (secondary N) is 1. The monoisotopic (exact) mass is 263 g/mol. The van der Waals surface area contributed by atoms with E-state index in [1.54, 1.807) is 18.2 Å². The highest BCUT2D eigenvalue weighted by atomic mass is 16.5. The molecular formula is C14H21N3O2. The van der Waals surface area contributed by atoms with Crippen molar-refractivity contribution in [3.8, 4) is 5.75 Å². The number of rotatable bonds is 4. The van der Waals surface area contributed by atoms with E-state index in [1.807, 2.05) is 6.92 Å². The van der Waals surface area contributed by atoms with E-state index in [-0.39, 0.29) is 11.9 Å². The van der Waals surface area contributed by atoms with E-state index in [4.69, 9.17) is 10.5 Å². The maximum Gasteiger partial charge on any atom is 0.251 e. The van der Waals surface area contributed by atoms with E-state index in [0.29, 0.717) is 23.6 Å². The molecule has 0 radical (unpaired) electrons. The van der Waals surface area contributed by atoms with E-state index >= 15 is 0 Å². The summed E-state index contributed by atoms with van der Waals surface area (Å²) in [6.07, 6.45) is 0.996. The van der Waals surface area contributed by atoms with Crippen LogP contribution >= 0.6 is 0 Å². The number of hydrogen-bond donors (Lipinski definition) is 2. The fourth-order valence-corrected chi connectivity index (χ4v) is 2.28. The van der Waals surface area contributed by atoms with Crippen LogP contribution in [0.25, 0.3) is 0 Å². The van der Waals surface area contributed by atoms with Gasteiger partial charge in [0.2, 0.25) is 0 Å². The highest BCUT2D eigenvalue weighted by molar-refractivity contribution is 5.95. The average Bonchev–Trinajstić information content (AvgIpc) is 2.77. The van der Waals surface area contributed by atoms with Crippen molar-refractivity contribution in [2.24, 2.45) is 0 Å². The van der Waals surface area contributed by atoms with Crippen LogP contribution < -0.4 is 15.8 Å². The Hall–Kier alpha value is -1.75. The molecule has 0 aliphatic carbocycles. The number of carbonyl (C=O) groups excluding carboxylic acids is 1. The van der Waals surface area contributed by atoms with Gasteiger partial charge in [0.25, 0.3) is 5.91 Å². The van der Waals surface area contributed by atoms with Crippen molar-refractivity contribution in [2.45, 2.75) is 19.4 Å². The summed E-state index contributed by atoms with van der Waals surface area (Å²) in [6, 6.07) is 5.37. The number of nitrogens with two attached hydrogens (primary N) is 1. The average molecular weight is 263 g/mol. The van der Waals surface area contributed by atoms with Crippen LogP contribution in [0.1, 0.15) is 23.7 Å². The molecule has 104 valence electrons. The Labute approximate surface area is 113 Å². The van der Waals surface area contributed by atoms with Crippen molar-refractivity contribution in [1.82, 2.24) is 10.2 Å². The molecule has 1 aromatic rings. The van der Waals surface area contributed by atoms with Crippen molar-refractivity contribution in [2.75, 3.05) is 32.5 Å². The zero-order valence-electron chi connectivity index (χ0n) is 11.5. The van der Waals surface area contributed by atoms with Gasteiger partial charge in [-0.15, -0.1) is 0 Å². The van der Waals surface area contributed by atoms with Crippen LogP contribution in [-0.4, -0.2) is 43.6 Å². The lowest BCUT2D eigenvalue weighted by molar-refractivity contribution is 0.0938. The van der Waals surface area contributed by atoms with E-state index in [0.717, 1.165) is 19.5 Å². The lowest BCUT2D eigenvalue weighted by Gasteiger charge is -2.14. The topological polar surface area (TPSA) is 67.6 Å². The standard InChI is InChI=1S/C14H21N3O2/c1-3-19-13-8-10(4-5-12(13)15)14(18)16-11-6-7-17(2)9-11/h4-5,8,11H,3,6-7,9,15H2,1-2H3,(H,16,18)/t11-/m1/s1. The summed E-state index contributed by atoms with van der Waals surface area (Å²) in [6.45, 7) is 4.35. The van der Waals surface area contributed by atoms with Crippen molar-refractivity contribution >= 4 is 11.6 Å². The number of nitrogens with zero attached hydrogens (tertiary/aromatic N) is 1. The SMILES string of the molecule is CCOc1cc(C(=O)N[C@@H]2CCN(C)C2)ccc1N. The quantitative estimate of drug-likeness (QED) is 0.798. The summed E-state index contributed by atoms with van der Waals surface area (Å²) in [7, 11) is 2.06. The third-order valence-electron chi connectivity index (χ3n) is 3.30. The highest BCUT2D eigenvalue weighted by Gasteiger charge is 2.21. The summed E-state index contributed by atoms with van der Waals surface area (Å²) in [5, 5.41) is 3.04. The minimum atomic E-state index is -0.0683. The molecule has 0 unspecified atom stereocenters. The Bertz CT molecular complexity index is 462. The fourth-order valence-electron chi connectivity index (χ4n) is 2.28. The van der Waals surface area contributed by atoms with Gasteiger partial charge in [-0.3, -0.25) is 4.79 Å². The number of amides is 1. The second-order valence-electron chi connectivity index (χ2n) is 4.91. The molecule has 0 bridgehead atoms. The van der Waals surface area contributed by atoms with Crippen molar-refractivity contribution in [3.05, 3.63) is 23.8 Å². The Morgan fingerprint density at radius 2 is 2.37 bits per heavy atom. The van der Waals surface area contributed by atoms with Crippen LogP contribution in [-0.2, 0) is 0 Å². The first-order chi connectivity index (χ1) is 9.10. The van der Waals surface area contributed by atoms with Gasteiger partial charge in [0.15, 0.2) is 0 Å². The van der Waals surface area contributed by atoms with Crippen LogP contribution in [0.4, 0.5) is 5.69 Å². The Morgan fingerprint density at radius 3 is 3.00 bits per heavy atom. The van der Waals surface area contributed by atoms with Gasteiger partial charge < -0.3 is 20.7 Å². The largest absolute Gasteiger partial charge is 0.492 e. The molecule has 1 amide bonds. The predicted molar refractivity (Wildman–Crippen MR) is 75.4 cm³/mol. The zero-order chi connectivity index (χ0) is 13.8. The maximum atomic E-state index is 12.1. The van der Waals surface area contributed by atoms with Gasteiger partial charge in [-0.1, -0.05) is 0 Å². The van der Waals surface area contributed by atoms with Gasteiger partial charge in [0, 0.05) is 18.2 Å². The van der Waals surface area contributed by atoms with Crippen LogP contribution in [0, 0.1) is 0 Å². The molecule has 0 spiro atoms. The van der Waals surface area contributed by atoms with Gasteiger partial charge in [-0.25, -0.2) is 0 Å². The highest BCUT2D eigenvalue weighted by Crippen LogP contribution is 2.23. The summed E-state index contributed by atoms with van der Waals surface area (Å²) in [5.74, 6) is 0.500. The first-order valence-corrected chi connectivity index (χ1v) is 6.62. The van der Waals surface area contributed by atoms with Crippen molar-refractivity contribution in [3.63, 3.8) is 0 Å². The van der Waals surface area contributed by atoms with E-state index < -0.39 is 0 Å². The number of carbonyl (C=O) groups is 1. The van der Waals surface area contributed by atoms with Crippen LogP contribution in [0.5, 0.6) is 5.75 Å². The Kier molecular flexibility index (Phi) is 4.27. The molecule has 1 atom stereocenters. The number of likely N-dealkylation sites (N-methyl/N-ethyl adjacent to an activating group) is 1. The molecule has 1 saturated heterocycles. The molecular weight excluding hydrogens is 242 g/mol. The molecule has 5 heteroatoms. The molecule has 5 nitrogen and oxygen atoms in total. The number of ether oxygens (including phenoxy) is 1. The third kappa shape index (κ3) is 3.38. The van der Waals surface area contributed by atoms with Gasteiger partial charge in [-0.05, 0) is 45.1 Å². The van der Waals surface area contributed by atoms with Gasteiger partial charge in [0.1, 0.15) is 5.75 Å². The molecule has 0 aromatic heterocycles. The van der Waals surface area contributed by atoms with Crippen LogP contribution in [0.15, 0.2) is 18.2 Å². The number of nitrogen functional groups attached to an aromatic ring is 1. The minimum absolute atomic E-state index is 0.0683.